The van der Waals surface area contributed by atoms with Crippen molar-refractivity contribution in [3.05, 3.63) is 53.2 Å². The van der Waals surface area contributed by atoms with Gasteiger partial charge in [-0.3, -0.25) is 0 Å². The second kappa shape index (κ2) is 7.67. The highest BCUT2D eigenvalue weighted by Crippen LogP contribution is 2.25. The summed E-state index contributed by atoms with van der Waals surface area (Å²) in [6.07, 6.45) is 0.514. The number of benzene rings is 1. The number of hydrogen-bond donors (Lipinski definition) is 1. The standard InChI is InChI=1S/C17H16ClFN4O3/c1-26-7-6-22(17(24)25)10-14-16-11(8-15(18)21-14)9-20-23(16)13-4-2-12(19)3-5-13/h2-5,8-9H,6-7,10H2,1H3,(H,24,25). The summed E-state index contributed by atoms with van der Waals surface area (Å²) in [5, 5.41) is 14.7. The Kier molecular flexibility index (Phi) is 5.34. The number of carboxylic acid groups (broad SMARTS) is 1. The van der Waals surface area contributed by atoms with Gasteiger partial charge < -0.3 is 14.7 Å². The molecule has 9 heteroatoms. The summed E-state index contributed by atoms with van der Waals surface area (Å²) in [6, 6.07) is 7.47. The number of hydrogen-bond acceptors (Lipinski definition) is 4. The van der Waals surface area contributed by atoms with Crippen LogP contribution in [0.5, 0.6) is 0 Å². The van der Waals surface area contributed by atoms with E-state index in [1.54, 1.807) is 29.1 Å². The van der Waals surface area contributed by atoms with E-state index in [4.69, 9.17) is 16.3 Å². The second-order valence-corrected chi connectivity index (χ2v) is 5.95. The Morgan fingerprint density at radius 3 is 2.77 bits per heavy atom. The largest absolute Gasteiger partial charge is 0.465 e. The predicted octanol–water partition coefficient (Wildman–Crippen LogP) is 3.34. The van der Waals surface area contributed by atoms with Crippen molar-refractivity contribution in [2.75, 3.05) is 20.3 Å². The van der Waals surface area contributed by atoms with Gasteiger partial charge in [-0.05, 0) is 30.3 Å². The predicted molar refractivity (Wildman–Crippen MR) is 94.1 cm³/mol. The van der Waals surface area contributed by atoms with Gasteiger partial charge in [0.1, 0.15) is 11.0 Å². The lowest BCUT2D eigenvalue weighted by molar-refractivity contribution is 0.115. The van der Waals surface area contributed by atoms with Crippen LogP contribution in [0.2, 0.25) is 5.15 Å². The topological polar surface area (TPSA) is 80.5 Å². The van der Waals surface area contributed by atoms with Crippen molar-refractivity contribution in [1.29, 1.82) is 0 Å². The van der Waals surface area contributed by atoms with E-state index in [9.17, 15) is 14.3 Å². The molecule has 0 saturated heterocycles. The van der Waals surface area contributed by atoms with Gasteiger partial charge in [-0.25, -0.2) is 18.9 Å². The van der Waals surface area contributed by atoms with Crippen molar-refractivity contribution in [2.45, 2.75) is 6.54 Å². The first-order valence-corrected chi connectivity index (χ1v) is 8.13. The lowest BCUT2D eigenvalue weighted by atomic mass is 10.2. The summed E-state index contributed by atoms with van der Waals surface area (Å²) in [4.78, 5) is 17.0. The number of pyridine rings is 1. The molecular weight excluding hydrogens is 363 g/mol. The number of amides is 1. The van der Waals surface area contributed by atoms with Crippen LogP contribution in [0.25, 0.3) is 16.6 Å². The molecule has 1 amide bonds. The number of fused-ring (bicyclic) bond motifs is 1. The zero-order valence-electron chi connectivity index (χ0n) is 13.9. The lowest BCUT2D eigenvalue weighted by Gasteiger charge is -2.19. The Morgan fingerprint density at radius 2 is 2.12 bits per heavy atom. The van der Waals surface area contributed by atoms with E-state index in [-0.39, 0.29) is 30.7 Å². The molecule has 3 aromatic rings. The van der Waals surface area contributed by atoms with E-state index >= 15 is 0 Å². The Hall–Kier alpha value is -2.71. The van der Waals surface area contributed by atoms with Crippen LogP contribution in [-0.4, -0.2) is 51.1 Å². The van der Waals surface area contributed by atoms with Gasteiger partial charge in [0.05, 0.1) is 36.2 Å². The van der Waals surface area contributed by atoms with Crippen LogP contribution < -0.4 is 0 Å². The van der Waals surface area contributed by atoms with Crippen molar-refractivity contribution >= 4 is 28.6 Å². The zero-order valence-corrected chi connectivity index (χ0v) is 14.6. The highest BCUT2D eigenvalue weighted by Gasteiger charge is 2.18. The fourth-order valence-corrected chi connectivity index (χ4v) is 2.83. The minimum atomic E-state index is -1.09. The van der Waals surface area contributed by atoms with Gasteiger partial charge in [0.2, 0.25) is 0 Å². The Morgan fingerprint density at radius 1 is 1.38 bits per heavy atom. The summed E-state index contributed by atoms with van der Waals surface area (Å²) >= 11 is 6.08. The Bertz CT molecular complexity index is 930. The van der Waals surface area contributed by atoms with Gasteiger partial charge in [-0.2, -0.15) is 5.10 Å². The molecule has 7 nitrogen and oxygen atoms in total. The molecule has 0 aliphatic carbocycles. The minimum Gasteiger partial charge on any atom is -0.465 e. The molecule has 1 aromatic carbocycles. The van der Waals surface area contributed by atoms with Gasteiger partial charge in [0.15, 0.2) is 0 Å². The molecule has 0 saturated carbocycles. The SMILES string of the molecule is COCCN(Cc1nc(Cl)cc2cnn(-c3ccc(F)cc3)c12)C(=O)O. The molecule has 26 heavy (non-hydrogen) atoms. The van der Waals surface area contributed by atoms with E-state index in [1.807, 2.05) is 0 Å². The number of halogens is 2. The smallest absolute Gasteiger partial charge is 0.407 e. The monoisotopic (exact) mass is 378 g/mol. The molecule has 2 aromatic heterocycles. The summed E-state index contributed by atoms with van der Waals surface area (Å²) in [5.74, 6) is -0.358. The third-order valence-corrected chi connectivity index (χ3v) is 4.03. The van der Waals surface area contributed by atoms with E-state index in [2.05, 4.69) is 10.1 Å². The van der Waals surface area contributed by atoms with Crippen LogP contribution in [0.1, 0.15) is 5.69 Å². The Labute approximate surface area is 153 Å². The first-order valence-electron chi connectivity index (χ1n) is 7.75. The molecule has 0 aliphatic heterocycles. The maximum Gasteiger partial charge on any atom is 0.407 e. The van der Waals surface area contributed by atoms with Crippen molar-refractivity contribution in [1.82, 2.24) is 19.7 Å². The summed E-state index contributed by atoms with van der Waals surface area (Å²) < 4.78 is 19.8. The lowest BCUT2D eigenvalue weighted by Crippen LogP contribution is -2.32. The normalized spacial score (nSPS) is 11.0. The molecule has 1 N–H and O–H groups in total. The highest BCUT2D eigenvalue weighted by atomic mass is 35.5. The molecule has 2 heterocycles. The van der Waals surface area contributed by atoms with E-state index < -0.39 is 6.09 Å². The molecular formula is C17H16ClFN4O3. The number of carbonyl (C=O) groups is 1. The van der Waals surface area contributed by atoms with Crippen LogP contribution in [0.3, 0.4) is 0 Å². The summed E-state index contributed by atoms with van der Waals surface area (Å²) in [6.45, 7) is 0.460. The molecule has 0 unspecified atom stereocenters. The number of methoxy groups -OCH3 is 1. The fraction of sp³-hybridized carbons (Fsp3) is 0.235. The summed E-state index contributed by atoms with van der Waals surface area (Å²) in [7, 11) is 1.50. The van der Waals surface area contributed by atoms with Gasteiger partial charge in [-0.15, -0.1) is 0 Å². The van der Waals surface area contributed by atoms with E-state index in [0.29, 0.717) is 22.3 Å². The number of aromatic nitrogens is 3. The molecule has 0 aliphatic rings. The zero-order chi connectivity index (χ0) is 18.7. The molecule has 0 bridgehead atoms. The molecule has 0 radical (unpaired) electrons. The van der Waals surface area contributed by atoms with Crippen molar-refractivity contribution in [3.8, 4) is 5.69 Å². The van der Waals surface area contributed by atoms with Crippen molar-refractivity contribution in [2.24, 2.45) is 0 Å². The maximum absolute atomic E-state index is 13.2. The minimum absolute atomic E-state index is 0.0165. The average Bonchev–Trinajstić information content (AvgIpc) is 3.02. The highest BCUT2D eigenvalue weighted by molar-refractivity contribution is 6.30. The molecule has 0 atom stereocenters. The molecule has 0 spiro atoms. The second-order valence-electron chi connectivity index (χ2n) is 5.56. The van der Waals surface area contributed by atoms with Gasteiger partial charge in [0, 0.05) is 19.0 Å². The third kappa shape index (κ3) is 3.76. The van der Waals surface area contributed by atoms with Crippen LogP contribution in [0.15, 0.2) is 36.5 Å². The van der Waals surface area contributed by atoms with Crippen LogP contribution >= 0.6 is 11.6 Å². The van der Waals surface area contributed by atoms with Gasteiger partial charge >= 0.3 is 6.09 Å². The van der Waals surface area contributed by atoms with Crippen LogP contribution in [-0.2, 0) is 11.3 Å². The number of nitrogens with zero attached hydrogens (tertiary/aromatic N) is 4. The third-order valence-electron chi connectivity index (χ3n) is 3.83. The number of ether oxygens (including phenoxy) is 1. The van der Waals surface area contributed by atoms with Gasteiger partial charge in [-0.1, -0.05) is 11.6 Å². The average molecular weight is 379 g/mol. The van der Waals surface area contributed by atoms with E-state index in [0.717, 1.165) is 0 Å². The fourth-order valence-electron chi connectivity index (χ4n) is 2.61. The van der Waals surface area contributed by atoms with Crippen molar-refractivity contribution < 1.29 is 19.0 Å². The first-order chi connectivity index (χ1) is 12.5. The van der Waals surface area contributed by atoms with Crippen LogP contribution in [0, 0.1) is 5.82 Å². The molecule has 136 valence electrons. The summed E-state index contributed by atoms with van der Waals surface area (Å²) in [5.41, 5.74) is 1.70. The quantitative estimate of drug-likeness (QED) is 0.665. The van der Waals surface area contributed by atoms with Crippen molar-refractivity contribution in [3.63, 3.8) is 0 Å². The Balaban J connectivity index is 2.07. The van der Waals surface area contributed by atoms with Gasteiger partial charge in [0.25, 0.3) is 0 Å². The first kappa shape index (κ1) is 18.1. The van der Waals surface area contributed by atoms with E-state index in [1.165, 1.54) is 24.1 Å². The molecule has 0 fully saturated rings. The van der Waals surface area contributed by atoms with Crippen LogP contribution in [0.4, 0.5) is 9.18 Å². The maximum atomic E-state index is 13.2. The molecule has 3 rings (SSSR count). The number of rotatable bonds is 6.